The first kappa shape index (κ1) is 28.8. The van der Waals surface area contributed by atoms with Crippen molar-refractivity contribution in [1.29, 1.82) is 0 Å². The quantitative estimate of drug-likeness (QED) is 0.124. The van der Waals surface area contributed by atoms with Gasteiger partial charge in [0.1, 0.15) is 18.1 Å². The van der Waals surface area contributed by atoms with Crippen LogP contribution in [0.1, 0.15) is 35.6 Å². The molecule has 2 amide bonds. The molecule has 0 fully saturated rings. The SMILES string of the molecule is COc1ccc(/C=N/NC(=O)CCSSCc2cccc(COc3cccc(/C=N/NC(C)=O)c3)c2)cc1. The lowest BCUT2D eigenvalue weighted by molar-refractivity contribution is -0.120. The molecule has 0 spiro atoms. The Kier molecular flexibility index (Phi) is 12.2. The van der Waals surface area contributed by atoms with Crippen LogP contribution in [0.4, 0.5) is 0 Å². The smallest absolute Gasteiger partial charge is 0.240 e. The van der Waals surface area contributed by atoms with E-state index in [1.165, 1.54) is 12.5 Å². The van der Waals surface area contributed by atoms with Crippen molar-refractivity contribution in [2.45, 2.75) is 25.7 Å². The molecule has 0 aromatic heterocycles. The zero-order valence-electron chi connectivity index (χ0n) is 21.3. The van der Waals surface area contributed by atoms with Crippen LogP contribution in [0.3, 0.4) is 0 Å². The van der Waals surface area contributed by atoms with Crippen molar-refractivity contribution in [1.82, 2.24) is 10.9 Å². The standard InChI is InChI=1S/C28H30N4O4S2/c1-21(33)31-29-18-23-5-4-8-27(16-23)36-19-24-6-3-7-25(15-24)20-38-37-14-13-28(34)32-30-17-22-9-11-26(35-2)12-10-22/h3-12,15-18H,13-14,19-20H2,1-2H3,(H,31,33)(H,32,34)/b29-18+,30-17+. The molecule has 0 unspecified atom stereocenters. The second-order valence-corrected chi connectivity index (χ2v) is 10.6. The molecule has 0 atom stereocenters. The van der Waals surface area contributed by atoms with Gasteiger partial charge in [0, 0.05) is 24.9 Å². The predicted octanol–water partition coefficient (Wildman–Crippen LogP) is 5.17. The van der Waals surface area contributed by atoms with Crippen LogP contribution < -0.4 is 20.3 Å². The van der Waals surface area contributed by atoms with Gasteiger partial charge < -0.3 is 9.47 Å². The first-order valence-corrected chi connectivity index (χ1v) is 14.3. The molecule has 0 bridgehead atoms. The Morgan fingerprint density at radius 3 is 2.37 bits per heavy atom. The van der Waals surface area contributed by atoms with Gasteiger partial charge in [0.2, 0.25) is 11.8 Å². The van der Waals surface area contributed by atoms with Crippen molar-refractivity contribution in [2.24, 2.45) is 10.2 Å². The monoisotopic (exact) mass is 550 g/mol. The fraction of sp³-hybridized carbons (Fsp3) is 0.214. The van der Waals surface area contributed by atoms with Crippen LogP contribution >= 0.6 is 21.6 Å². The number of carbonyl (C=O) groups is 2. The van der Waals surface area contributed by atoms with E-state index in [1.54, 1.807) is 41.1 Å². The number of rotatable bonds is 14. The Bertz CT molecular complexity index is 1250. The number of methoxy groups -OCH3 is 1. The van der Waals surface area contributed by atoms with E-state index in [2.05, 4.69) is 33.2 Å². The van der Waals surface area contributed by atoms with Crippen LogP contribution in [0, 0.1) is 0 Å². The lowest BCUT2D eigenvalue weighted by Crippen LogP contribution is -2.17. The minimum Gasteiger partial charge on any atom is -0.497 e. The van der Waals surface area contributed by atoms with Crippen molar-refractivity contribution in [3.8, 4) is 11.5 Å². The Hall–Kier alpha value is -3.76. The summed E-state index contributed by atoms with van der Waals surface area (Å²) in [7, 11) is 4.98. The van der Waals surface area contributed by atoms with Crippen molar-refractivity contribution < 1.29 is 19.1 Å². The minimum atomic E-state index is -0.220. The summed E-state index contributed by atoms with van der Waals surface area (Å²) >= 11 is 0. The third kappa shape index (κ3) is 11.1. The fourth-order valence-corrected chi connectivity index (χ4v) is 5.13. The molecule has 0 saturated carbocycles. The summed E-state index contributed by atoms with van der Waals surface area (Å²) in [6.07, 6.45) is 3.57. The number of hydrazone groups is 2. The maximum atomic E-state index is 12.0. The highest BCUT2D eigenvalue weighted by atomic mass is 33.1. The third-order valence-corrected chi connectivity index (χ3v) is 7.27. The molecule has 0 radical (unpaired) electrons. The van der Waals surface area contributed by atoms with Crippen molar-refractivity contribution in [2.75, 3.05) is 12.9 Å². The molecule has 0 heterocycles. The molecule has 0 aliphatic carbocycles. The van der Waals surface area contributed by atoms with E-state index in [9.17, 15) is 9.59 Å². The van der Waals surface area contributed by atoms with E-state index in [0.717, 1.165) is 33.9 Å². The number of nitrogens with zero attached hydrogens (tertiary/aromatic N) is 2. The number of ether oxygens (including phenoxy) is 2. The summed E-state index contributed by atoms with van der Waals surface area (Å²) in [5.41, 5.74) is 8.91. The van der Waals surface area contributed by atoms with Gasteiger partial charge in [0.05, 0.1) is 19.5 Å². The van der Waals surface area contributed by atoms with Gasteiger partial charge in [0.15, 0.2) is 0 Å². The Labute approximate surface area is 230 Å². The third-order valence-electron chi connectivity index (χ3n) is 4.93. The highest BCUT2D eigenvalue weighted by Crippen LogP contribution is 2.27. The van der Waals surface area contributed by atoms with E-state index in [4.69, 9.17) is 9.47 Å². The number of amides is 2. The molecule has 3 aromatic carbocycles. The first-order valence-electron chi connectivity index (χ1n) is 11.8. The van der Waals surface area contributed by atoms with Crippen molar-refractivity contribution in [3.63, 3.8) is 0 Å². The van der Waals surface area contributed by atoms with Gasteiger partial charge in [-0.05, 0) is 58.7 Å². The number of nitrogens with one attached hydrogen (secondary N) is 2. The predicted molar refractivity (Wildman–Crippen MR) is 156 cm³/mol. The fourth-order valence-electron chi connectivity index (χ4n) is 3.09. The van der Waals surface area contributed by atoms with E-state index in [0.29, 0.717) is 18.8 Å². The van der Waals surface area contributed by atoms with Crippen LogP contribution in [-0.2, 0) is 21.9 Å². The van der Waals surface area contributed by atoms with Crippen LogP contribution in [-0.4, -0.2) is 37.1 Å². The lowest BCUT2D eigenvalue weighted by atomic mass is 10.1. The summed E-state index contributed by atoms with van der Waals surface area (Å²) < 4.78 is 11.1. The number of benzene rings is 3. The molecule has 0 aliphatic heterocycles. The van der Waals surface area contributed by atoms with Crippen LogP contribution in [0.2, 0.25) is 0 Å². The van der Waals surface area contributed by atoms with Crippen LogP contribution in [0.15, 0.2) is 83.0 Å². The van der Waals surface area contributed by atoms with E-state index in [-0.39, 0.29) is 11.8 Å². The van der Waals surface area contributed by atoms with Crippen molar-refractivity contribution in [3.05, 3.63) is 95.1 Å². The Morgan fingerprint density at radius 1 is 0.842 bits per heavy atom. The maximum absolute atomic E-state index is 12.0. The van der Waals surface area contributed by atoms with Gasteiger partial charge in [-0.15, -0.1) is 0 Å². The van der Waals surface area contributed by atoms with Crippen LogP contribution in [0.5, 0.6) is 11.5 Å². The van der Waals surface area contributed by atoms with Gasteiger partial charge in [-0.25, -0.2) is 10.9 Å². The van der Waals surface area contributed by atoms with Crippen LogP contribution in [0.25, 0.3) is 0 Å². The molecule has 10 heteroatoms. The topological polar surface area (TPSA) is 101 Å². The first-order chi connectivity index (χ1) is 18.5. The molecule has 0 aliphatic rings. The molecule has 0 saturated heterocycles. The molecule has 38 heavy (non-hydrogen) atoms. The molecule has 8 nitrogen and oxygen atoms in total. The van der Waals surface area contributed by atoms with E-state index < -0.39 is 0 Å². The van der Waals surface area contributed by atoms with Gasteiger partial charge in [-0.2, -0.15) is 10.2 Å². The number of hydrogen-bond acceptors (Lipinski definition) is 8. The molecule has 3 aromatic rings. The molecule has 2 N–H and O–H groups in total. The number of carbonyl (C=O) groups excluding carboxylic acids is 2. The van der Waals surface area contributed by atoms with E-state index >= 15 is 0 Å². The second kappa shape index (κ2) is 16.2. The Morgan fingerprint density at radius 2 is 1.58 bits per heavy atom. The molecule has 198 valence electrons. The summed E-state index contributed by atoms with van der Waals surface area (Å²) in [4.78, 5) is 22.9. The lowest BCUT2D eigenvalue weighted by Gasteiger charge is -2.08. The number of hydrogen-bond donors (Lipinski definition) is 2. The average molecular weight is 551 g/mol. The highest BCUT2D eigenvalue weighted by Gasteiger charge is 2.03. The summed E-state index contributed by atoms with van der Waals surface area (Å²) in [5.74, 6) is 2.67. The van der Waals surface area contributed by atoms with E-state index in [1.807, 2.05) is 60.7 Å². The summed E-state index contributed by atoms with van der Waals surface area (Å²) in [5, 5.41) is 7.88. The zero-order valence-corrected chi connectivity index (χ0v) is 22.9. The summed E-state index contributed by atoms with van der Waals surface area (Å²) in [6.45, 7) is 1.85. The maximum Gasteiger partial charge on any atom is 0.240 e. The molecular formula is C28H30N4O4S2. The van der Waals surface area contributed by atoms with Gasteiger partial charge in [-0.3, -0.25) is 9.59 Å². The highest BCUT2D eigenvalue weighted by molar-refractivity contribution is 8.76. The van der Waals surface area contributed by atoms with Gasteiger partial charge >= 0.3 is 0 Å². The molecule has 3 rings (SSSR count). The largest absolute Gasteiger partial charge is 0.497 e. The average Bonchev–Trinajstić information content (AvgIpc) is 2.92. The second-order valence-electron chi connectivity index (χ2n) is 8.01. The normalized spacial score (nSPS) is 11.0. The minimum absolute atomic E-state index is 0.118. The zero-order chi connectivity index (χ0) is 27.0. The Balaban J connectivity index is 1.34. The molecular weight excluding hydrogens is 520 g/mol. The van der Waals surface area contributed by atoms with Crippen molar-refractivity contribution >= 4 is 45.8 Å². The van der Waals surface area contributed by atoms with Gasteiger partial charge in [-0.1, -0.05) is 58.0 Å². The van der Waals surface area contributed by atoms with Gasteiger partial charge in [0.25, 0.3) is 0 Å². The summed E-state index contributed by atoms with van der Waals surface area (Å²) in [6, 6.07) is 23.2.